The lowest BCUT2D eigenvalue weighted by atomic mass is 10.0. The minimum atomic E-state index is -1.07. The number of carbonyl (C=O) groups is 2. The molecule has 2 aromatic rings. The van der Waals surface area contributed by atoms with Gasteiger partial charge in [0.15, 0.2) is 6.10 Å². The summed E-state index contributed by atoms with van der Waals surface area (Å²) in [5.74, 6) is -1.69. The van der Waals surface area contributed by atoms with Crippen LogP contribution in [0.3, 0.4) is 0 Å². The fourth-order valence-corrected chi connectivity index (χ4v) is 2.21. The molecule has 3 N–H and O–H groups in total. The van der Waals surface area contributed by atoms with Crippen molar-refractivity contribution in [2.45, 2.75) is 12.1 Å². The van der Waals surface area contributed by atoms with Crippen LogP contribution in [0, 0.1) is 5.82 Å². The molecule has 23 heavy (non-hydrogen) atoms. The first-order chi connectivity index (χ1) is 11.0. The van der Waals surface area contributed by atoms with Crippen molar-refractivity contribution >= 4 is 11.8 Å². The Morgan fingerprint density at radius 3 is 2.17 bits per heavy atom. The van der Waals surface area contributed by atoms with E-state index in [4.69, 9.17) is 10.5 Å². The van der Waals surface area contributed by atoms with Gasteiger partial charge in [-0.05, 0) is 23.3 Å². The van der Waals surface area contributed by atoms with Gasteiger partial charge >= 0.3 is 0 Å². The van der Waals surface area contributed by atoms with Crippen LogP contribution in [0.2, 0.25) is 0 Å². The van der Waals surface area contributed by atoms with Crippen LogP contribution in [0.4, 0.5) is 4.39 Å². The molecule has 0 bridgehead atoms. The molecule has 2 amide bonds. The predicted molar refractivity (Wildman–Crippen MR) is 82.7 cm³/mol. The average Bonchev–Trinajstić information content (AvgIpc) is 2.55. The van der Waals surface area contributed by atoms with E-state index in [2.05, 4.69) is 5.32 Å². The highest BCUT2D eigenvalue weighted by atomic mass is 19.1. The van der Waals surface area contributed by atoms with Crippen molar-refractivity contribution in [3.05, 3.63) is 71.5 Å². The van der Waals surface area contributed by atoms with Crippen LogP contribution in [0.5, 0.6) is 0 Å². The Bertz CT molecular complexity index is 674. The van der Waals surface area contributed by atoms with Crippen LogP contribution in [-0.2, 0) is 14.3 Å². The zero-order valence-electron chi connectivity index (χ0n) is 12.5. The molecule has 0 aliphatic carbocycles. The molecule has 2 atom stereocenters. The molecular formula is C17H17FN2O3. The largest absolute Gasteiger partial charge is 0.368 e. The number of hydrogen-bond acceptors (Lipinski definition) is 3. The molecule has 0 aromatic heterocycles. The zero-order chi connectivity index (χ0) is 16.8. The monoisotopic (exact) mass is 316 g/mol. The van der Waals surface area contributed by atoms with Crippen molar-refractivity contribution in [2.75, 3.05) is 7.11 Å². The molecule has 0 fully saturated rings. The summed E-state index contributed by atoms with van der Waals surface area (Å²) in [7, 11) is 1.40. The van der Waals surface area contributed by atoms with E-state index in [0.29, 0.717) is 11.1 Å². The van der Waals surface area contributed by atoms with Crippen molar-refractivity contribution in [3.8, 4) is 0 Å². The topological polar surface area (TPSA) is 81.4 Å². The van der Waals surface area contributed by atoms with Gasteiger partial charge in [0.1, 0.15) is 11.9 Å². The van der Waals surface area contributed by atoms with Gasteiger partial charge in [-0.2, -0.15) is 0 Å². The third-order valence-corrected chi connectivity index (χ3v) is 3.35. The van der Waals surface area contributed by atoms with Gasteiger partial charge in [0.25, 0.3) is 5.91 Å². The normalized spacial score (nSPS) is 13.1. The first-order valence-corrected chi connectivity index (χ1v) is 6.96. The van der Waals surface area contributed by atoms with E-state index in [1.165, 1.54) is 31.4 Å². The molecule has 0 saturated heterocycles. The van der Waals surface area contributed by atoms with Gasteiger partial charge in [0, 0.05) is 7.11 Å². The molecule has 0 radical (unpaired) electrons. The lowest BCUT2D eigenvalue weighted by Crippen LogP contribution is -2.40. The number of methoxy groups -OCH3 is 1. The summed E-state index contributed by atoms with van der Waals surface area (Å²) in [6.45, 7) is 0. The van der Waals surface area contributed by atoms with Crippen LogP contribution in [-0.4, -0.2) is 18.9 Å². The maximum absolute atomic E-state index is 13.0. The fraction of sp³-hybridized carbons (Fsp3) is 0.176. The highest BCUT2D eigenvalue weighted by molar-refractivity contribution is 5.89. The van der Waals surface area contributed by atoms with Crippen LogP contribution in [0.1, 0.15) is 23.3 Å². The Morgan fingerprint density at radius 2 is 1.65 bits per heavy atom. The Balaban J connectivity index is 2.20. The maximum Gasteiger partial charge on any atom is 0.254 e. The number of amides is 2. The average molecular weight is 316 g/mol. The Hall–Kier alpha value is -2.73. The third-order valence-electron chi connectivity index (χ3n) is 3.35. The van der Waals surface area contributed by atoms with E-state index in [1.807, 2.05) is 6.07 Å². The molecule has 5 nitrogen and oxygen atoms in total. The van der Waals surface area contributed by atoms with Crippen molar-refractivity contribution in [2.24, 2.45) is 5.73 Å². The summed E-state index contributed by atoms with van der Waals surface area (Å²) < 4.78 is 18.2. The number of ether oxygens (including phenoxy) is 1. The Labute approximate surface area is 133 Å². The smallest absolute Gasteiger partial charge is 0.254 e. The van der Waals surface area contributed by atoms with Crippen molar-refractivity contribution in [3.63, 3.8) is 0 Å². The predicted octanol–water partition coefficient (Wildman–Crippen LogP) is 1.86. The van der Waals surface area contributed by atoms with E-state index < -0.39 is 29.8 Å². The lowest BCUT2D eigenvalue weighted by molar-refractivity contribution is -0.135. The minimum Gasteiger partial charge on any atom is -0.368 e. The molecule has 2 rings (SSSR count). The van der Waals surface area contributed by atoms with E-state index >= 15 is 0 Å². The molecule has 0 heterocycles. The number of nitrogens with one attached hydrogen (secondary N) is 1. The molecule has 6 heteroatoms. The molecule has 0 aliphatic heterocycles. The molecule has 0 spiro atoms. The van der Waals surface area contributed by atoms with E-state index in [0.717, 1.165) is 0 Å². The second-order valence-electron chi connectivity index (χ2n) is 4.92. The number of benzene rings is 2. The molecule has 0 aliphatic rings. The summed E-state index contributed by atoms with van der Waals surface area (Å²) in [4.78, 5) is 24.1. The minimum absolute atomic E-state index is 0.398. The third kappa shape index (κ3) is 4.14. The van der Waals surface area contributed by atoms with Crippen molar-refractivity contribution in [1.82, 2.24) is 5.32 Å². The van der Waals surface area contributed by atoms with Gasteiger partial charge in [-0.3, -0.25) is 9.59 Å². The standard InChI is InChI=1S/C17H17FN2O3/c1-23-15(12-5-3-2-4-6-12)17(22)20-14(16(19)21)11-7-9-13(18)10-8-11/h2-10,14-15H,1H3,(H2,19,21)(H,20,22)/t14-,15-/m1/s1. The molecular weight excluding hydrogens is 299 g/mol. The number of hydrogen-bond donors (Lipinski definition) is 2. The van der Waals surface area contributed by atoms with E-state index in [-0.39, 0.29) is 0 Å². The fourth-order valence-electron chi connectivity index (χ4n) is 2.21. The van der Waals surface area contributed by atoms with Crippen molar-refractivity contribution in [1.29, 1.82) is 0 Å². The maximum atomic E-state index is 13.0. The number of nitrogens with two attached hydrogens (primary N) is 1. The second kappa shape index (κ2) is 7.51. The summed E-state index contributed by atoms with van der Waals surface area (Å²) in [6, 6.07) is 13.0. The molecule has 0 unspecified atom stereocenters. The zero-order valence-corrected chi connectivity index (χ0v) is 12.5. The first kappa shape index (κ1) is 16.6. The van der Waals surface area contributed by atoms with Crippen LogP contribution >= 0.6 is 0 Å². The van der Waals surface area contributed by atoms with E-state index in [1.54, 1.807) is 24.3 Å². The second-order valence-corrected chi connectivity index (χ2v) is 4.92. The van der Waals surface area contributed by atoms with Gasteiger partial charge in [-0.25, -0.2) is 4.39 Å². The molecule has 0 saturated carbocycles. The lowest BCUT2D eigenvalue weighted by Gasteiger charge is -2.20. The highest BCUT2D eigenvalue weighted by Crippen LogP contribution is 2.19. The van der Waals surface area contributed by atoms with Gasteiger partial charge in [0.05, 0.1) is 0 Å². The summed E-state index contributed by atoms with van der Waals surface area (Å²) in [6.07, 6.45) is -0.876. The number of primary amides is 1. The van der Waals surface area contributed by atoms with Gasteiger partial charge < -0.3 is 15.8 Å². The number of rotatable bonds is 6. The number of carbonyl (C=O) groups excluding carboxylic acids is 2. The van der Waals surface area contributed by atoms with Gasteiger partial charge in [-0.15, -0.1) is 0 Å². The van der Waals surface area contributed by atoms with Crippen LogP contribution < -0.4 is 11.1 Å². The summed E-state index contributed by atoms with van der Waals surface area (Å²) >= 11 is 0. The van der Waals surface area contributed by atoms with Crippen molar-refractivity contribution < 1.29 is 18.7 Å². The molecule has 120 valence electrons. The first-order valence-electron chi connectivity index (χ1n) is 6.96. The molecule has 2 aromatic carbocycles. The SMILES string of the molecule is CO[C@@H](C(=O)N[C@@H](C(N)=O)c1ccc(F)cc1)c1ccccc1. The Kier molecular flexibility index (Phi) is 5.43. The van der Waals surface area contributed by atoms with E-state index in [9.17, 15) is 14.0 Å². The highest BCUT2D eigenvalue weighted by Gasteiger charge is 2.26. The summed E-state index contributed by atoms with van der Waals surface area (Å²) in [5.41, 5.74) is 6.39. The quantitative estimate of drug-likeness (QED) is 0.853. The van der Waals surface area contributed by atoms with Gasteiger partial charge in [-0.1, -0.05) is 42.5 Å². The number of halogens is 1. The summed E-state index contributed by atoms with van der Waals surface area (Å²) in [5, 5.41) is 2.54. The van der Waals surface area contributed by atoms with Gasteiger partial charge in [0.2, 0.25) is 5.91 Å². The Morgan fingerprint density at radius 1 is 1.04 bits per heavy atom. The van der Waals surface area contributed by atoms with Crippen LogP contribution in [0.15, 0.2) is 54.6 Å². The van der Waals surface area contributed by atoms with Crippen LogP contribution in [0.25, 0.3) is 0 Å².